The maximum absolute atomic E-state index is 12.0. The summed E-state index contributed by atoms with van der Waals surface area (Å²) in [6, 6.07) is 0. The Kier molecular flexibility index (Phi) is 4.55. The molecule has 0 bridgehead atoms. The van der Waals surface area contributed by atoms with E-state index in [0.29, 0.717) is 11.4 Å². The number of hydrogen-bond acceptors (Lipinski definition) is 6. The molecule has 0 saturated heterocycles. The molecule has 0 unspecified atom stereocenters. The third-order valence-electron chi connectivity index (χ3n) is 2.69. The predicted molar refractivity (Wildman–Crippen MR) is 79.6 cm³/mol. The largest absolute Gasteiger partial charge is 0.480 e. The minimum Gasteiger partial charge on any atom is -0.480 e. The molecule has 8 nitrogen and oxygen atoms in total. The Hall–Kier alpha value is -2.29. The molecular formula is C13H17N5O3S. The topological polar surface area (TPSA) is 110 Å². The zero-order valence-corrected chi connectivity index (χ0v) is 13.3. The Bertz CT molecular complexity index is 686. The number of aromatic nitrogens is 4. The molecule has 0 saturated carbocycles. The SMILES string of the molecule is CC(C)(C)c1nc(C(=O)NCc2cn(CC(=O)O)nn2)cs1. The van der Waals surface area contributed by atoms with E-state index in [-0.39, 0.29) is 24.4 Å². The van der Waals surface area contributed by atoms with E-state index in [9.17, 15) is 9.59 Å². The Morgan fingerprint density at radius 2 is 2.14 bits per heavy atom. The summed E-state index contributed by atoms with van der Waals surface area (Å²) in [5, 5.41) is 21.4. The van der Waals surface area contributed by atoms with Gasteiger partial charge in [0.1, 0.15) is 17.9 Å². The van der Waals surface area contributed by atoms with Gasteiger partial charge in [0.15, 0.2) is 0 Å². The number of thiazole rings is 1. The second-order valence-corrected chi connectivity index (χ2v) is 6.63. The fourth-order valence-corrected chi connectivity index (χ4v) is 2.51. The molecule has 0 spiro atoms. The molecule has 0 radical (unpaired) electrons. The van der Waals surface area contributed by atoms with Crippen LogP contribution in [0, 0.1) is 0 Å². The van der Waals surface area contributed by atoms with E-state index in [4.69, 9.17) is 5.11 Å². The number of carboxylic acid groups (broad SMARTS) is 1. The highest BCUT2D eigenvalue weighted by Crippen LogP contribution is 2.25. The number of carboxylic acids is 1. The summed E-state index contributed by atoms with van der Waals surface area (Å²) in [6.07, 6.45) is 1.48. The fraction of sp³-hybridized carbons (Fsp3) is 0.462. The maximum atomic E-state index is 12.0. The third kappa shape index (κ3) is 4.10. The van der Waals surface area contributed by atoms with Crippen LogP contribution in [0.4, 0.5) is 0 Å². The number of rotatable bonds is 5. The first kappa shape index (κ1) is 16.1. The van der Waals surface area contributed by atoms with Gasteiger partial charge in [0.05, 0.1) is 17.7 Å². The van der Waals surface area contributed by atoms with Crippen molar-refractivity contribution in [1.82, 2.24) is 25.3 Å². The molecule has 1 amide bonds. The molecule has 0 aliphatic carbocycles. The molecular weight excluding hydrogens is 306 g/mol. The molecule has 0 aliphatic heterocycles. The monoisotopic (exact) mass is 323 g/mol. The molecule has 2 aromatic rings. The zero-order valence-electron chi connectivity index (χ0n) is 12.5. The molecule has 2 aromatic heterocycles. The first-order valence-electron chi connectivity index (χ1n) is 6.60. The van der Waals surface area contributed by atoms with Crippen LogP contribution < -0.4 is 5.32 Å². The van der Waals surface area contributed by atoms with Crippen LogP contribution in [0.1, 0.15) is 42.0 Å². The van der Waals surface area contributed by atoms with Gasteiger partial charge in [-0.1, -0.05) is 26.0 Å². The Morgan fingerprint density at radius 3 is 2.73 bits per heavy atom. The van der Waals surface area contributed by atoms with Gasteiger partial charge in [0.2, 0.25) is 0 Å². The minimum atomic E-state index is -1.00. The lowest BCUT2D eigenvalue weighted by Gasteiger charge is -2.13. The molecule has 2 N–H and O–H groups in total. The molecule has 2 heterocycles. The number of nitrogens with zero attached hydrogens (tertiary/aromatic N) is 4. The van der Waals surface area contributed by atoms with Gasteiger partial charge in [0, 0.05) is 10.8 Å². The van der Waals surface area contributed by atoms with E-state index < -0.39 is 5.97 Å². The summed E-state index contributed by atoms with van der Waals surface area (Å²) in [7, 11) is 0. The van der Waals surface area contributed by atoms with Crippen LogP contribution in [0.2, 0.25) is 0 Å². The average molecular weight is 323 g/mol. The van der Waals surface area contributed by atoms with Gasteiger partial charge in [-0.05, 0) is 0 Å². The van der Waals surface area contributed by atoms with Crippen molar-refractivity contribution in [2.75, 3.05) is 0 Å². The first-order valence-corrected chi connectivity index (χ1v) is 7.48. The molecule has 0 atom stereocenters. The second-order valence-electron chi connectivity index (χ2n) is 5.77. The lowest BCUT2D eigenvalue weighted by atomic mass is 9.98. The van der Waals surface area contributed by atoms with Crippen LogP contribution in [0.15, 0.2) is 11.6 Å². The molecule has 0 aliphatic rings. The standard InChI is InChI=1S/C13H17N5O3S/c1-13(2,3)12-15-9(7-22-12)11(21)14-4-8-5-18(17-16-8)6-10(19)20/h5,7H,4,6H2,1-3H3,(H,14,21)(H,19,20). The van der Waals surface area contributed by atoms with E-state index in [1.165, 1.54) is 22.2 Å². The Labute approximate surface area is 131 Å². The number of carbonyl (C=O) groups excluding carboxylic acids is 1. The lowest BCUT2D eigenvalue weighted by molar-refractivity contribution is -0.137. The van der Waals surface area contributed by atoms with Gasteiger partial charge < -0.3 is 10.4 Å². The van der Waals surface area contributed by atoms with Crippen LogP contribution in [0.25, 0.3) is 0 Å². The van der Waals surface area contributed by atoms with Crippen molar-refractivity contribution in [3.8, 4) is 0 Å². The summed E-state index contributed by atoms with van der Waals surface area (Å²) in [5.41, 5.74) is 0.761. The van der Waals surface area contributed by atoms with E-state index in [1.54, 1.807) is 5.38 Å². The molecule has 22 heavy (non-hydrogen) atoms. The van der Waals surface area contributed by atoms with Crippen molar-refractivity contribution in [3.05, 3.63) is 28.0 Å². The van der Waals surface area contributed by atoms with E-state index in [0.717, 1.165) is 5.01 Å². The van der Waals surface area contributed by atoms with Crippen molar-refractivity contribution >= 4 is 23.2 Å². The first-order chi connectivity index (χ1) is 10.3. The quantitative estimate of drug-likeness (QED) is 0.851. The summed E-state index contributed by atoms with van der Waals surface area (Å²) in [5.74, 6) is -1.29. The maximum Gasteiger partial charge on any atom is 0.325 e. The van der Waals surface area contributed by atoms with Crippen LogP contribution >= 0.6 is 11.3 Å². The summed E-state index contributed by atoms with van der Waals surface area (Å²) in [6.45, 7) is 6.01. The van der Waals surface area contributed by atoms with Crippen LogP contribution in [-0.4, -0.2) is 37.0 Å². The van der Waals surface area contributed by atoms with E-state index >= 15 is 0 Å². The van der Waals surface area contributed by atoms with Gasteiger partial charge in [0.25, 0.3) is 5.91 Å². The van der Waals surface area contributed by atoms with Crippen molar-refractivity contribution in [3.63, 3.8) is 0 Å². The number of aliphatic carboxylic acids is 1. The van der Waals surface area contributed by atoms with E-state index in [2.05, 4.69) is 20.6 Å². The molecule has 118 valence electrons. The molecule has 2 rings (SSSR count). The van der Waals surface area contributed by atoms with Gasteiger partial charge >= 0.3 is 5.97 Å². The van der Waals surface area contributed by atoms with Crippen LogP contribution in [-0.2, 0) is 23.3 Å². The number of amides is 1. The van der Waals surface area contributed by atoms with Gasteiger partial charge in [-0.2, -0.15) is 0 Å². The summed E-state index contributed by atoms with van der Waals surface area (Å²) < 4.78 is 1.20. The van der Waals surface area contributed by atoms with Gasteiger partial charge in [-0.25, -0.2) is 9.67 Å². The fourth-order valence-electron chi connectivity index (χ4n) is 1.62. The van der Waals surface area contributed by atoms with Crippen LogP contribution in [0.5, 0.6) is 0 Å². The Balaban J connectivity index is 1.94. The Morgan fingerprint density at radius 1 is 1.41 bits per heavy atom. The van der Waals surface area contributed by atoms with Gasteiger partial charge in [-0.15, -0.1) is 16.4 Å². The highest BCUT2D eigenvalue weighted by atomic mass is 32.1. The predicted octanol–water partition coefficient (Wildman–Crippen LogP) is 1.05. The smallest absolute Gasteiger partial charge is 0.325 e. The van der Waals surface area contributed by atoms with Crippen molar-refractivity contribution < 1.29 is 14.7 Å². The average Bonchev–Trinajstić information content (AvgIpc) is 3.03. The summed E-state index contributed by atoms with van der Waals surface area (Å²) >= 11 is 1.45. The van der Waals surface area contributed by atoms with Crippen molar-refractivity contribution in [2.24, 2.45) is 0 Å². The summed E-state index contributed by atoms with van der Waals surface area (Å²) in [4.78, 5) is 26.9. The zero-order chi connectivity index (χ0) is 16.3. The molecule has 9 heteroatoms. The van der Waals surface area contributed by atoms with E-state index in [1.807, 2.05) is 20.8 Å². The number of carbonyl (C=O) groups is 2. The number of nitrogens with one attached hydrogen (secondary N) is 1. The van der Waals surface area contributed by atoms with Crippen LogP contribution in [0.3, 0.4) is 0 Å². The lowest BCUT2D eigenvalue weighted by Crippen LogP contribution is -2.23. The normalized spacial score (nSPS) is 11.4. The minimum absolute atomic E-state index is 0.0945. The molecule has 0 fully saturated rings. The van der Waals surface area contributed by atoms with Crippen molar-refractivity contribution in [1.29, 1.82) is 0 Å². The van der Waals surface area contributed by atoms with Crippen molar-refractivity contribution in [2.45, 2.75) is 39.3 Å². The second kappa shape index (κ2) is 6.22. The van der Waals surface area contributed by atoms with Gasteiger partial charge in [-0.3, -0.25) is 9.59 Å². The number of hydrogen-bond donors (Lipinski definition) is 2. The highest BCUT2D eigenvalue weighted by molar-refractivity contribution is 7.10. The molecule has 0 aromatic carbocycles. The third-order valence-corrected chi connectivity index (χ3v) is 3.96. The highest BCUT2D eigenvalue weighted by Gasteiger charge is 2.20.